The van der Waals surface area contributed by atoms with Crippen molar-refractivity contribution in [2.75, 3.05) is 18.4 Å². The standard InChI is InChI=1S/C18H19ClN2O3/c1-12-6-7-15(14(19)10-12)20-17(22)13-4-2-8-21(11-13)18(23)16-5-3-9-24-16/h3,5-7,9-10,13H,2,4,8,11H2,1H3,(H,20,22)/t13-/m1/s1. The Bertz CT molecular complexity index is 743. The van der Waals surface area contributed by atoms with E-state index in [1.54, 1.807) is 23.1 Å². The Morgan fingerprint density at radius 1 is 1.33 bits per heavy atom. The molecule has 1 fully saturated rings. The SMILES string of the molecule is Cc1ccc(NC(=O)[C@@H]2CCCN(C(=O)c3ccco3)C2)c(Cl)c1. The lowest BCUT2D eigenvalue weighted by Crippen LogP contribution is -2.43. The third kappa shape index (κ3) is 3.62. The zero-order chi connectivity index (χ0) is 17.1. The fraction of sp³-hybridized carbons (Fsp3) is 0.333. The molecule has 0 aliphatic carbocycles. The minimum absolute atomic E-state index is 0.113. The van der Waals surface area contributed by atoms with Crippen LogP contribution in [0, 0.1) is 12.8 Å². The van der Waals surface area contributed by atoms with Crippen LogP contribution in [0.4, 0.5) is 5.69 Å². The molecule has 1 aliphatic rings. The number of carbonyl (C=O) groups excluding carboxylic acids is 2. The smallest absolute Gasteiger partial charge is 0.289 e. The molecule has 0 spiro atoms. The molecule has 1 aromatic heterocycles. The number of hydrogen-bond acceptors (Lipinski definition) is 3. The molecule has 2 aromatic rings. The lowest BCUT2D eigenvalue weighted by atomic mass is 9.96. The summed E-state index contributed by atoms with van der Waals surface area (Å²) in [5.41, 5.74) is 1.63. The summed E-state index contributed by atoms with van der Waals surface area (Å²) in [6, 6.07) is 8.82. The van der Waals surface area contributed by atoms with E-state index >= 15 is 0 Å². The molecule has 1 N–H and O–H groups in total. The minimum atomic E-state index is -0.255. The fourth-order valence-corrected chi connectivity index (χ4v) is 3.17. The van der Waals surface area contributed by atoms with Crippen molar-refractivity contribution in [2.24, 2.45) is 5.92 Å². The van der Waals surface area contributed by atoms with Gasteiger partial charge >= 0.3 is 0 Å². The number of anilines is 1. The van der Waals surface area contributed by atoms with E-state index in [2.05, 4.69) is 5.32 Å². The summed E-state index contributed by atoms with van der Waals surface area (Å²) in [7, 11) is 0. The number of aryl methyl sites for hydroxylation is 1. The summed E-state index contributed by atoms with van der Waals surface area (Å²) in [6.07, 6.45) is 3.00. The molecule has 0 unspecified atom stereocenters. The van der Waals surface area contributed by atoms with Gasteiger partial charge in [-0.1, -0.05) is 17.7 Å². The van der Waals surface area contributed by atoms with E-state index in [4.69, 9.17) is 16.0 Å². The molecule has 1 aliphatic heterocycles. The van der Waals surface area contributed by atoms with Crippen molar-refractivity contribution < 1.29 is 14.0 Å². The second-order valence-corrected chi connectivity index (χ2v) is 6.45. The van der Waals surface area contributed by atoms with E-state index in [1.165, 1.54) is 6.26 Å². The molecule has 24 heavy (non-hydrogen) atoms. The number of nitrogens with zero attached hydrogens (tertiary/aromatic N) is 1. The average Bonchev–Trinajstić information content (AvgIpc) is 3.11. The van der Waals surface area contributed by atoms with Crippen LogP contribution in [0.1, 0.15) is 29.0 Å². The van der Waals surface area contributed by atoms with Crippen molar-refractivity contribution in [1.29, 1.82) is 0 Å². The lowest BCUT2D eigenvalue weighted by Gasteiger charge is -2.31. The molecule has 1 saturated heterocycles. The van der Waals surface area contributed by atoms with E-state index < -0.39 is 0 Å². The Labute approximate surface area is 145 Å². The molecule has 0 radical (unpaired) electrons. The molecule has 2 amide bonds. The summed E-state index contributed by atoms with van der Waals surface area (Å²) in [5.74, 6) is -0.240. The van der Waals surface area contributed by atoms with E-state index in [9.17, 15) is 9.59 Å². The summed E-state index contributed by atoms with van der Waals surface area (Å²) in [4.78, 5) is 26.6. The van der Waals surface area contributed by atoms with Crippen LogP contribution >= 0.6 is 11.6 Å². The Morgan fingerprint density at radius 3 is 2.88 bits per heavy atom. The number of halogens is 1. The highest BCUT2D eigenvalue weighted by atomic mass is 35.5. The molecule has 0 bridgehead atoms. The van der Waals surface area contributed by atoms with Gasteiger partial charge in [0.2, 0.25) is 5.91 Å². The molecule has 0 saturated carbocycles. The van der Waals surface area contributed by atoms with Gasteiger partial charge in [0.1, 0.15) is 0 Å². The molecule has 6 heteroatoms. The maximum Gasteiger partial charge on any atom is 0.289 e. The zero-order valence-electron chi connectivity index (χ0n) is 13.4. The van der Waals surface area contributed by atoms with Crippen LogP contribution in [0.2, 0.25) is 5.02 Å². The first kappa shape index (κ1) is 16.6. The first-order chi connectivity index (χ1) is 11.5. The maximum atomic E-state index is 12.5. The van der Waals surface area contributed by atoms with E-state index in [1.807, 2.05) is 19.1 Å². The third-order valence-corrected chi connectivity index (χ3v) is 4.51. The number of piperidine rings is 1. The van der Waals surface area contributed by atoms with Gasteiger partial charge < -0.3 is 14.6 Å². The lowest BCUT2D eigenvalue weighted by molar-refractivity contribution is -0.121. The Balaban J connectivity index is 1.65. The zero-order valence-corrected chi connectivity index (χ0v) is 14.2. The maximum absolute atomic E-state index is 12.5. The van der Waals surface area contributed by atoms with Gasteiger partial charge in [0, 0.05) is 13.1 Å². The van der Waals surface area contributed by atoms with Crippen LogP contribution in [-0.2, 0) is 4.79 Å². The van der Waals surface area contributed by atoms with E-state index in [0.717, 1.165) is 18.4 Å². The van der Waals surface area contributed by atoms with Gasteiger partial charge in [-0.05, 0) is 49.6 Å². The van der Waals surface area contributed by atoms with Crippen molar-refractivity contribution >= 4 is 29.1 Å². The summed E-state index contributed by atoms with van der Waals surface area (Å²) >= 11 is 6.17. The number of furan rings is 1. The second-order valence-electron chi connectivity index (χ2n) is 6.04. The van der Waals surface area contributed by atoms with Gasteiger partial charge in [0.15, 0.2) is 5.76 Å². The molecular formula is C18H19ClN2O3. The Morgan fingerprint density at radius 2 is 2.17 bits per heavy atom. The number of nitrogens with one attached hydrogen (secondary N) is 1. The molecule has 3 rings (SSSR count). The van der Waals surface area contributed by atoms with E-state index in [0.29, 0.717) is 29.6 Å². The normalized spacial score (nSPS) is 17.6. The molecule has 2 heterocycles. The van der Waals surface area contributed by atoms with Crippen molar-refractivity contribution in [1.82, 2.24) is 4.90 Å². The first-order valence-electron chi connectivity index (χ1n) is 7.94. The summed E-state index contributed by atoms with van der Waals surface area (Å²) in [6.45, 7) is 2.96. The number of benzene rings is 1. The minimum Gasteiger partial charge on any atom is -0.459 e. The predicted molar refractivity (Wildman–Crippen MR) is 92.2 cm³/mol. The van der Waals surface area contributed by atoms with Crippen LogP contribution in [0.3, 0.4) is 0 Å². The molecular weight excluding hydrogens is 328 g/mol. The van der Waals surface area contributed by atoms with Gasteiger partial charge in [0.25, 0.3) is 5.91 Å². The highest BCUT2D eigenvalue weighted by Gasteiger charge is 2.30. The van der Waals surface area contributed by atoms with Crippen molar-refractivity contribution in [3.8, 4) is 0 Å². The Kier molecular flexibility index (Phi) is 4.90. The monoisotopic (exact) mass is 346 g/mol. The summed E-state index contributed by atoms with van der Waals surface area (Å²) in [5, 5.41) is 3.39. The number of hydrogen-bond donors (Lipinski definition) is 1. The van der Waals surface area contributed by atoms with Crippen molar-refractivity contribution in [2.45, 2.75) is 19.8 Å². The summed E-state index contributed by atoms with van der Waals surface area (Å²) < 4.78 is 5.16. The average molecular weight is 347 g/mol. The highest BCUT2D eigenvalue weighted by Crippen LogP contribution is 2.25. The highest BCUT2D eigenvalue weighted by molar-refractivity contribution is 6.33. The van der Waals surface area contributed by atoms with Crippen LogP contribution < -0.4 is 5.32 Å². The molecule has 1 aromatic carbocycles. The molecule has 126 valence electrons. The van der Waals surface area contributed by atoms with Gasteiger partial charge in [-0.15, -0.1) is 0 Å². The molecule has 5 nitrogen and oxygen atoms in total. The van der Waals surface area contributed by atoms with Gasteiger partial charge in [-0.25, -0.2) is 0 Å². The van der Waals surface area contributed by atoms with Gasteiger partial charge in [-0.2, -0.15) is 0 Å². The fourth-order valence-electron chi connectivity index (χ4n) is 2.89. The Hall–Kier alpha value is -2.27. The third-order valence-electron chi connectivity index (χ3n) is 4.19. The first-order valence-corrected chi connectivity index (χ1v) is 8.32. The van der Waals surface area contributed by atoms with Gasteiger partial charge in [0.05, 0.1) is 22.9 Å². The predicted octanol–water partition coefficient (Wildman–Crippen LogP) is 3.73. The second kappa shape index (κ2) is 7.09. The number of carbonyl (C=O) groups is 2. The number of rotatable bonds is 3. The van der Waals surface area contributed by atoms with Crippen LogP contribution in [0.25, 0.3) is 0 Å². The number of amides is 2. The molecule has 1 atom stereocenters. The van der Waals surface area contributed by atoms with Crippen molar-refractivity contribution in [3.05, 3.63) is 52.9 Å². The van der Waals surface area contributed by atoms with Crippen molar-refractivity contribution in [3.63, 3.8) is 0 Å². The van der Waals surface area contributed by atoms with E-state index in [-0.39, 0.29) is 17.7 Å². The number of likely N-dealkylation sites (tertiary alicyclic amines) is 1. The largest absolute Gasteiger partial charge is 0.459 e. The van der Waals surface area contributed by atoms with Crippen LogP contribution in [0.15, 0.2) is 41.0 Å². The van der Waals surface area contributed by atoms with Crippen LogP contribution in [0.5, 0.6) is 0 Å². The van der Waals surface area contributed by atoms with Gasteiger partial charge in [-0.3, -0.25) is 9.59 Å². The van der Waals surface area contributed by atoms with Crippen LogP contribution in [-0.4, -0.2) is 29.8 Å². The quantitative estimate of drug-likeness (QED) is 0.921. The topological polar surface area (TPSA) is 62.6 Å².